The summed E-state index contributed by atoms with van der Waals surface area (Å²) in [5.41, 5.74) is 4.62. The van der Waals surface area contributed by atoms with Crippen molar-refractivity contribution in [1.29, 1.82) is 0 Å². The zero-order valence-electron chi connectivity index (χ0n) is 16.4. The number of nitrogens with zero attached hydrogens (tertiary/aromatic N) is 5. The molecule has 8 nitrogen and oxygen atoms in total. The number of ether oxygens (including phenoxy) is 1. The average molecular weight is 390 g/mol. The maximum absolute atomic E-state index is 12.9. The van der Waals surface area contributed by atoms with Gasteiger partial charge in [0.2, 0.25) is 0 Å². The molecule has 0 bridgehead atoms. The van der Waals surface area contributed by atoms with Crippen molar-refractivity contribution in [2.24, 2.45) is 7.05 Å². The van der Waals surface area contributed by atoms with Gasteiger partial charge >= 0.3 is 5.69 Å². The van der Waals surface area contributed by atoms with E-state index in [2.05, 4.69) is 20.3 Å². The van der Waals surface area contributed by atoms with Crippen LogP contribution in [-0.4, -0.2) is 37.3 Å². The van der Waals surface area contributed by atoms with Crippen molar-refractivity contribution in [2.75, 3.05) is 18.5 Å². The molecule has 1 fully saturated rings. The number of hydrogen-bond acceptors (Lipinski definition) is 6. The number of imidazole rings is 1. The molecule has 1 N–H and O–H groups in total. The average Bonchev–Trinajstić information content (AvgIpc) is 2.99. The van der Waals surface area contributed by atoms with Crippen LogP contribution in [0.2, 0.25) is 0 Å². The van der Waals surface area contributed by atoms with Crippen LogP contribution in [0.1, 0.15) is 24.4 Å². The number of pyridine rings is 1. The Morgan fingerprint density at radius 1 is 1.10 bits per heavy atom. The van der Waals surface area contributed by atoms with Crippen LogP contribution in [0.25, 0.3) is 21.9 Å². The Hall–Kier alpha value is -3.26. The fourth-order valence-corrected chi connectivity index (χ4v) is 4.03. The summed E-state index contributed by atoms with van der Waals surface area (Å²) in [5.74, 6) is 0.697. The van der Waals surface area contributed by atoms with Gasteiger partial charge in [0, 0.05) is 49.6 Å². The molecule has 0 spiro atoms. The molecular formula is C21H22N6O2. The van der Waals surface area contributed by atoms with Gasteiger partial charge in [-0.05, 0) is 37.5 Å². The van der Waals surface area contributed by atoms with E-state index < -0.39 is 0 Å². The first-order valence-corrected chi connectivity index (χ1v) is 9.74. The van der Waals surface area contributed by atoms with Gasteiger partial charge in [-0.3, -0.25) is 9.13 Å². The maximum Gasteiger partial charge on any atom is 0.329 e. The molecule has 1 aromatic carbocycles. The van der Waals surface area contributed by atoms with Crippen molar-refractivity contribution in [3.05, 3.63) is 53.0 Å². The Morgan fingerprint density at radius 2 is 1.93 bits per heavy atom. The standard InChI is InChI=1S/C21H22N6O2/c1-13-7-17-14(10-22-12-24-17)8-16(13)25-20-9-18-19(11-23-20)26(2)21(28)27(18)15-3-5-29-6-4-15/h7-12,15H,3-6H2,1-2H3,(H,23,25). The Morgan fingerprint density at radius 3 is 2.76 bits per heavy atom. The molecule has 0 radical (unpaired) electrons. The van der Waals surface area contributed by atoms with E-state index in [1.807, 2.05) is 29.7 Å². The van der Waals surface area contributed by atoms with Gasteiger partial charge < -0.3 is 10.1 Å². The summed E-state index contributed by atoms with van der Waals surface area (Å²) in [5, 5.41) is 4.36. The molecule has 4 heterocycles. The summed E-state index contributed by atoms with van der Waals surface area (Å²) >= 11 is 0. The number of benzene rings is 1. The maximum atomic E-state index is 12.9. The van der Waals surface area contributed by atoms with Crippen LogP contribution in [0.3, 0.4) is 0 Å². The van der Waals surface area contributed by atoms with Gasteiger partial charge in [-0.15, -0.1) is 0 Å². The van der Waals surface area contributed by atoms with Crippen molar-refractivity contribution in [3.8, 4) is 0 Å². The molecule has 0 unspecified atom stereocenters. The highest BCUT2D eigenvalue weighted by molar-refractivity contribution is 5.85. The van der Waals surface area contributed by atoms with E-state index in [9.17, 15) is 4.79 Å². The summed E-state index contributed by atoms with van der Waals surface area (Å²) in [4.78, 5) is 25.8. The van der Waals surface area contributed by atoms with Crippen molar-refractivity contribution < 1.29 is 4.74 Å². The molecule has 1 saturated heterocycles. The largest absolute Gasteiger partial charge is 0.381 e. The molecule has 0 saturated carbocycles. The van der Waals surface area contributed by atoms with Crippen LogP contribution >= 0.6 is 0 Å². The van der Waals surface area contributed by atoms with E-state index in [1.165, 1.54) is 0 Å². The Kier molecular flexibility index (Phi) is 4.28. The fraction of sp³-hybridized carbons (Fsp3) is 0.333. The van der Waals surface area contributed by atoms with Crippen molar-refractivity contribution >= 4 is 33.4 Å². The highest BCUT2D eigenvalue weighted by Gasteiger charge is 2.22. The lowest BCUT2D eigenvalue weighted by atomic mass is 10.1. The molecule has 0 atom stereocenters. The fourth-order valence-electron chi connectivity index (χ4n) is 4.03. The van der Waals surface area contributed by atoms with E-state index in [0.717, 1.165) is 46.0 Å². The highest BCUT2D eigenvalue weighted by atomic mass is 16.5. The predicted octanol–water partition coefficient (Wildman–Crippen LogP) is 3.08. The number of rotatable bonds is 3. The zero-order valence-corrected chi connectivity index (χ0v) is 16.4. The minimum absolute atomic E-state index is 0.00937. The first kappa shape index (κ1) is 17.8. The third-order valence-corrected chi connectivity index (χ3v) is 5.65. The van der Waals surface area contributed by atoms with Gasteiger partial charge in [0.05, 0.1) is 22.7 Å². The molecule has 5 rings (SSSR count). The number of aromatic nitrogens is 5. The normalized spacial score (nSPS) is 15.2. The topological polar surface area (TPSA) is 86.9 Å². The van der Waals surface area contributed by atoms with Crippen LogP contribution < -0.4 is 11.0 Å². The zero-order chi connectivity index (χ0) is 20.0. The van der Waals surface area contributed by atoms with Gasteiger partial charge in [-0.25, -0.2) is 19.7 Å². The lowest BCUT2D eigenvalue weighted by Gasteiger charge is -2.23. The number of fused-ring (bicyclic) bond motifs is 2. The Balaban J connectivity index is 1.58. The molecule has 3 aromatic heterocycles. The van der Waals surface area contributed by atoms with Crippen molar-refractivity contribution in [1.82, 2.24) is 24.1 Å². The van der Waals surface area contributed by atoms with Crippen molar-refractivity contribution in [2.45, 2.75) is 25.8 Å². The summed E-state index contributed by atoms with van der Waals surface area (Å²) in [7, 11) is 1.79. The molecule has 4 aromatic rings. The molecular weight excluding hydrogens is 368 g/mol. The summed E-state index contributed by atoms with van der Waals surface area (Å²) in [6, 6.07) is 6.15. The van der Waals surface area contributed by atoms with E-state index in [4.69, 9.17) is 4.74 Å². The number of hydrogen-bond donors (Lipinski definition) is 1. The molecule has 0 aliphatic carbocycles. The van der Waals surface area contributed by atoms with Gasteiger partial charge in [0.1, 0.15) is 12.1 Å². The second-order valence-corrected chi connectivity index (χ2v) is 7.49. The third kappa shape index (κ3) is 3.05. The second-order valence-electron chi connectivity index (χ2n) is 7.49. The Labute approximate surface area is 167 Å². The highest BCUT2D eigenvalue weighted by Crippen LogP contribution is 2.28. The third-order valence-electron chi connectivity index (χ3n) is 5.65. The monoisotopic (exact) mass is 390 g/mol. The van der Waals surface area contributed by atoms with Gasteiger partial charge in [0.15, 0.2) is 0 Å². The van der Waals surface area contributed by atoms with Crippen LogP contribution in [0.5, 0.6) is 0 Å². The molecule has 29 heavy (non-hydrogen) atoms. The minimum Gasteiger partial charge on any atom is -0.381 e. The quantitative estimate of drug-likeness (QED) is 0.578. The summed E-state index contributed by atoms with van der Waals surface area (Å²) in [6.45, 7) is 3.40. The summed E-state index contributed by atoms with van der Waals surface area (Å²) in [6.07, 6.45) is 6.79. The molecule has 148 valence electrons. The van der Waals surface area contributed by atoms with Gasteiger partial charge in [-0.1, -0.05) is 0 Å². The van der Waals surface area contributed by atoms with Gasteiger partial charge in [-0.2, -0.15) is 0 Å². The van der Waals surface area contributed by atoms with Crippen LogP contribution in [0.15, 0.2) is 41.7 Å². The van der Waals surface area contributed by atoms with E-state index >= 15 is 0 Å². The number of nitrogens with one attached hydrogen (secondary N) is 1. The molecule has 1 aliphatic heterocycles. The van der Waals surface area contributed by atoms with E-state index in [1.54, 1.807) is 30.3 Å². The second kappa shape index (κ2) is 6.97. The number of anilines is 2. The van der Waals surface area contributed by atoms with Crippen molar-refractivity contribution in [3.63, 3.8) is 0 Å². The smallest absolute Gasteiger partial charge is 0.329 e. The molecule has 1 aliphatic rings. The predicted molar refractivity (Wildman–Crippen MR) is 112 cm³/mol. The van der Waals surface area contributed by atoms with Gasteiger partial charge in [0.25, 0.3) is 0 Å². The first-order valence-electron chi connectivity index (χ1n) is 9.74. The lowest BCUT2D eigenvalue weighted by molar-refractivity contribution is 0.0696. The molecule has 8 heteroatoms. The Bertz CT molecular complexity index is 1270. The van der Waals surface area contributed by atoms with Crippen LogP contribution in [-0.2, 0) is 11.8 Å². The van der Waals surface area contributed by atoms with E-state index in [-0.39, 0.29) is 11.7 Å². The van der Waals surface area contributed by atoms with E-state index in [0.29, 0.717) is 19.0 Å². The lowest BCUT2D eigenvalue weighted by Crippen LogP contribution is -2.29. The van der Waals surface area contributed by atoms with Crippen LogP contribution in [0.4, 0.5) is 11.5 Å². The first-order chi connectivity index (χ1) is 14.1. The summed E-state index contributed by atoms with van der Waals surface area (Å²) < 4.78 is 9.04. The number of aryl methyl sites for hydroxylation is 2. The molecule has 0 amide bonds. The SMILES string of the molecule is Cc1cc2ncncc2cc1Nc1cc2c(cn1)n(C)c(=O)n2C1CCOCC1. The van der Waals surface area contributed by atoms with Crippen LogP contribution in [0, 0.1) is 6.92 Å². The minimum atomic E-state index is -0.00937.